The van der Waals surface area contributed by atoms with E-state index < -0.39 is 17.3 Å². The standard InChI is InChI=1S/C31H32FN5O5/c1-2-42-28(39)22-8-12-25(13-9-22)34-30(41)35-18-16-31(17-19-35)29(40)36(21-37(31)26-6-4-3-5-7-26)20-27(38)33-24-14-10-23(32)11-15-24/h3-15H,2,16-21H2,1H3,(H,33,38)(H,34,41). The number of halogens is 1. The van der Waals surface area contributed by atoms with E-state index in [1.807, 2.05) is 35.2 Å². The van der Waals surface area contributed by atoms with Crippen molar-refractivity contribution >= 4 is 40.9 Å². The van der Waals surface area contributed by atoms with Crippen LogP contribution in [0.4, 0.5) is 26.2 Å². The van der Waals surface area contributed by atoms with E-state index in [4.69, 9.17) is 4.74 Å². The summed E-state index contributed by atoms with van der Waals surface area (Å²) in [5.41, 5.74) is 1.32. The Hall–Kier alpha value is -4.93. The second-order valence-corrected chi connectivity index (χ2v) is 10.2. The van der Waals surface area contributed by atoms with Crippen LogP contribution in [0.3, 0.4) is 0 Å². The molecular weight excluding hydrogens is 541 g/mol. The predicted molar refractivity (Wildman–Crippen MR) is 155 cm³/mol. The molecule has 2 fully saturated rings. The summed E-state index contributed by atoms with van der Waals surface area (Å²) in [5, 5.41) is 5.57. The zero-order valence-electron chi connectivity index (χ0n) is 23.2. The summed E-state index contributed by atoms with van der Waals surface area (Å²) in [7, 11) is 0. The van der Waals surface area contributed by atoms with Crippen molar-refractivity contribution < 1.29 is 28.3 Å². The van der Waals surface area contributed by atoms with Crippen molar-refractivity contribution in [3.8, 4) is 0 Å². The number of amides is 4. The van der Waals surface area contributed by atoms with Gasteiger partial charge in [0.05, 0.1) is 18.8 Å². The van der Waals surface area contributed by atoms with Gasteiger partial charge in [-0.05, 0) is 80.4 Å². The van der Waals surface area contributed by atoms with Crippen molar-refractivity contribution in [1.82, 2.24) is 9.80 Å². The summed E-state index contributed by atoms with van der Waals surface area (Å²) in [6.45, 7) is 2.73. The van der Waals surface area contributed by atoms with Gasteiger partial charge in [-0.15, -0.1) is 0 Å². The van der Waals surface area contributed by atoms with Crippen LogP contribution >= 0.6 is 0 Å². The lowest BCUT2D eigenvalue weighted by atomic mass is 9.85. The monoisotopic (exact) mass is 573 g/mol. The lowest BCUT2D eigenvalue weighted by molar-refractivity contribution is -0.136. The average Bonchev–Trinajstić information content (AvgIpc) is 3.25. The van der Waals surface area contributed by atoms with Crippen molar-refractivity contribution in [2.24, 2.45) is 0 Å². The zero-order valence-corrected chi connectivity index (χ0v) is 23.2. The number of piperidine rings is 1. The summed E-state index contributed by atoms with van der Waals surface area (Å²) in [5.74, 6) is -1.39. The molecule has 218 valence electrons. The van der Waals surface area contributed by atoms with Gasteiger partial charge in [-0.2, -0.15) is 0 Å². The maximum absolute atomic E-state index is 13.9. The Labute approximate surface area is 243 Å². The normalized spacial score (nSPS) is 16.0. The van der Waals surface area contributed by atoms with Crippen molar-refractivity contribution in [3.63, 3.8) is 0 Å². The number of carbonyl (C=O) groups is 4. The number of ether oxygens (including phenoxy) is 1. The molecule has 2 saturated heterocycles. The molecule has 0 bridgehead atoms. The number of nitrogens with zero attached hydrogens (tertiary/aromatic N) is 3. The molecule has 2 heterocycles. The van der Waals surface area contributed by atoms with Gasteiger partial charge in [-0.1, -0.05) is 18.2 Å². The maximum Gasteiger partial charge on any atom is 0.338 e. The third-order valence-corrected chi connectivity index (χ3v) is 7.57. The van der Waals surface area contributed by atoms with Crippen LogP contribution in [0.25, 0.3) is 0 Å². The van der Waals surface area contributed by atoms with Gasteiger partial charge in [-0.25, -0.2) is 14.0 Å². The Kier molecular flexibility index (Phi) is 8.37. The Balaban J connectivity index is 1.26. The fraction of sp³-hybridized carbons (Fsp3) is 0.290. The first-order chi connectivity index (χ1) is 20.3. The molecule has 2 aliphatic rings. The van der Waals surface area contributed by atoms with E-state index in [0.29, 0.717) is 42.9 Å². The minimum Gasteiger partial charge on any atom is -0.462 e. The fourth-order valence-corrected chi connectivity index (χ4v) is 5.42. The maximum atomic E-state index is 13.9. The van der Waals surface area contributed by atoms with Crippen molar-refractivity contribution in [3.05, 3.63) is 90.2 Å². The first-order valence-corrected chi connectivity index (χ1v) is 13.8. The van der Waals surface area contributed by atoms with Gasteiger partial charge in [0.1, 0.15) is 17.9 Å². The predicted octanol–water partition coefficient (Wildman–Crippen LogP) is 4.31. The van der Waals surface area contributed by atoms with E-state index >= 15 is 0 Å². The number of hydrogen-bond acceptors (Lipinski definition) is 6. The highest BCUT2D eigenvalue weighted by atomic mass is 19.1. The first kappa shape index (κ1) is 28.6. The van der Waals surface area contributed by atoms with E-state index in [1.54, 1.807) is 36.1 Å². The van der Waals surface area contributed by atoms with E-state index in [9.17, 15) is 23.6 Å². The number of nitrogens with one attached hydrogen (secondary N) is 2. The summed E-state index contributed by atoms with van der Waals surface area (Å²) >= 11 is 0. The number of anilines is 3. The van der Waals surface area contributed by atoms with Gasteiger partial charge >= 0.3 is 12.0 Å². The third kappa shape index (κ3) is 6.04. The molecule has 0 atom stereocenters. The van der Waals surface area contributed by atoms with Gasteiger partial charge in [0.2, 0.25) is 5.91 Å². The number of hydrogen-bond donors (Lipinski definition) is 2. The van der Waals surface area contributed by atoms with Crippen LogP contribution in [-0.2, 0) is 14.3 Å². The number of likely N-dealkylation sites (tertiary alicyclic amines) is 1. The quantitative estimate of drug-likeness (QED) is 0.408. The Morgan fingerprint density at radius 1 is 0.881 bits per heavy atom. The molecule has 0 aliphatic carbocycles. The number of esters is 1. The van der Waals surface area contributed by atoms with Crippen LogP contribution in [0.15, 0.2) is 78.9 Å². The molecule has 1 spiro atoms. The fourth-order valence-electron chi connectivity index (χ4n) is 5.42. The molecule has 3 aromatic carbocycles. The van der Waals surface area contributed by atoms with E-state index in [2.05, 4.69) is 10.6 Å². The molecule has 2 N–H and O–H groups in total. The Bertz CT molecular complexity index is 1440. The lowest BCUT2D eigenvalue weighted by Crippen LogP contribution is -2.58. The molecule has 42 heavy (non-hydrogen) atoms. The molecule has 3 aromatic rings. The molecule has 5 rings (SSSR count). The van der Waals surface area contributed by atoms with Crippen molar-refractivity contribution in [2.75, 3.05) is 48.4 Å². The third-order valence-electron chi connectivity index (χ3n) is 7.57. The summed E-state index contributed by atoms with van der Waals surface area (Å²) in [6, 6.07) is 21.1. The second-order valence-electron chi connectivity index (χ2n) is 10.2. The number of urea groups is 1. The van der Waals surface area contributed by atoms with Crippen LogP contribution in [0, 0.1) is 5.82 Å². The van der Waals surface area contributed by atoms with Crippen molar-refractivity contribution in [2.45, 2.75) is 25.3 Å². The van der Waals surface area contributed by atoms with Gasteiger partial charge in [0.15, 0.2) is 0 Å². The van der Waals surface area contributed by atoms with Gasteiger partial charge in [0.25, 0.3) is 5.91 Å². The van der Waals surface area contributed by atoms with Gasteiger partial charge < -0.3 is 30.1 Å². The number of rotatable bonds is 7. The number of para-hydroxylation sites is 1. The van der Waals surface area contributed by atoms with Crippen molar-refractivity contribution in [1.29, 1.82) is 0 Å². The minimum absolute atomic E-state index is 0.159. The van der Waals surface area contributed by atoms with Gasteiger partial charge in [0, 0.05) is 30.2 Å². The molecular formula is C31H32FN5O5. The highest BCUT2D eigenvalue weighted by Gasteiger charge is 2.54. The number of benzene rings is 3. The number of carbonyl (C=O) groups excluding carboxylic acids is 4. The zero-order chi connectivity index (χ0) is 29.7. The molecule has 2 aliphatic heterocycles. The minimum atomic E-state index is -0.907. The van der Waals surface area contributed by atoms with Crippen LogP contribution < -0.4 is 15.5 Å². The molecule has 4 amide bonds. The van der Waals surface area contributed by atoms with E-state index in [0.717, 1.165) is 5.69 Å². The highest BCUT2D eigenvalue weighted by Crippen LogP contribution is 2.39. The van der Waals surface area contributed by atoms with Crippen LogP contribution in [0.5, 0.6) is 0 Å². The molecule has 0 aromatic heterocycles. The average molecular weight is 574 g/mol. The lowest BCUT2D eigenvalue weighted by Gasteiger charge is -2.43. The summed E-state index contributed by atoms with van der Waals surface area (Å²) < 4.78 is 18.2. The smallest absolute Gasteiger partial charge is 0.338 e. The van der Waals surface area contributed by atoms with Crippen LogP contribution in [0.1, 0.15) is 30.1 Å². The molecule has 11 heteroatoms. The van der Waals surface area contributed by atoms with Gasteiger partial charge in [-0.3, -0.25) is 9.59 Å². The Morgan fingerprint density at radius 2 is 1.50 bits per heavy atom. The molecule has 0 radical (unpaired) electrons. The molecule has 10 nitrogen and oxygen atoms in total. The topological polar surface area (TPSA) is 111 Å². The van der Waals surface area contributed by atoms with E-state index in [-0.39, 0.29) is 37.7 Å². The molecule has 0 unspecified atom stereocenters. The largest absolute Gasteiger partial charge is 0.462 e. The van der Waals surface area contributed by atoms with Crippen LogP contribution in [0.2, 0.25) is 0 Å². The van der Waals surface area contributed by atoms with E-state index in [1.165, 1.54) is 29.2 Å². The Morgan fingerprint density at radius 3 is 2.14 bits per heavy atom. The summed E-state index contributed by atoms with van der Waals surface area (Å²) in [4.78, 5) is 56.9. The summed E-state index contributed by atoms with van der Waals surface area (Å²) in [6.07, 6.45) is 0.762. The SMILES string of the molecule is CCOC(=O)c1ccc(NC(=O)N2CCC3(CC2)C(=O)N(CC(=O)Nc2ccc(F)cc2)CN3c2ccccc2)cc1. The first-order valence-electron chi connectivity index (χ1n) is 13.8. The molecule has 0 saturated carbocycles. The highest BCUT2D eigenvalue weighted by molar-refractivity contribution is 5.99. The second kappa shape index (κ2) is 12.3. The van der Waals surface area contributed by atoms with Crippen LogP contribution in [-0.4, -0.2) is 72.1 Å².